The monoisotopic (exact) mass is 289 g/mol. The van der Waals surface area contributed by atoms with Gasteiger partial charge in [0.25, 0.3) is 0 Å². The number of ether oxygens (including phenoxy) is 2. The van der Waals surface area contributed by atoms with E-state index in [-0.39, 0.29) is 19.8 Å². The number of esters is 2. The number of hydrogen-bond acceptors (Lipinski definition) is 5. The average Bonchev–Trinajstić information content (AvgIpc) is 2.69. The summed E-state index contributed by atoms with van der Waals surface area (Å²) in [7, 11) is 0. The van der Waals surface area contributed by atoms with Crippen molar-refractivity contribution in [3.05, 3.63) is 23.0 Å². The molecule has 0 saturated carbocycles. The van der Waals surface area contributed by atoms with Gasteiger partial charge in [-0.05, 0) is 13.0 Å². The minimum Gasteiger partial charge on any atom is -0.464 e. The molecule has 106 valence electrons. The lowest BCUT2D eigenvalue weighted by Crippen LogP contribution is -2.20. The van der Waals surface area contributed by atoms with E-state index in [1.54, 1.807) is 17.7 Å². The van der Waals surface area contributed by atoms with Gasteiger partial charge in [0.15, 0.2) is 6.10 Å². The first kappa shape index (κ1) is 15.5. The van der Waals surface area contributed by atoms with E-state index >= 15 is 0 Å². The maximum absolute atomic E-state index is 11.5. The number of nitrogens with zero attached hydrogens (tertiary/aromatic N) is 1. The molecule has 7 heteroatoms. The molecule has 0 fully saturated rings. The van der Waals surface area contributed by atoms with Gasteiger partial charge < -0.3 is 19.1 Å². The molecule has 19 heavy (non-hydrogen) atoms. The van der Waals surface area contributed by atoms with Crippen LogP contribution in [0.2, 0.25) is 5.02 Å². The number of aromatic nitrogens is 1. The van der Waals surface area contributed by atoms with Crippen LogP contribution in [0.15, 0.2) is 12.3 Å². The van der Waals surface area contributed by atoms with E-state index in [9.17, 15) is 14.7 Å². The number of hydrogen-bond donors (Lipinski definition) is 1. The maximum Gasteiger partial charge on any atom is 0.341 e. The lowest BCUT2D eigenvalue weighted by molar-refractivity contribution is -0.153. The van der Waals surface area contributed by atoms with E-state index in [4.69, 9.17) is 21.1 Å². The Balaban J connectivity index is 2.77. The Kier molecular flexibility index (Phi) is 5.85. The van der Waals surface area contributed by atoms with Crippen molar-refractivity contribution in [3.63, 3.8) is 0 Å². The van der Waals surface area contributed by atoms with Crippen molar-refractivity contribution in [1.29, 1.82) is 0 Å². The highest BCUT2D eigenvalue weighted by atomic mass is 35.5. The highest BCUT2D eigenvalue weighted by molar-refractivity contribution is 6.30. The molecule has 1 heterocycles. The largest absolute Gasteiger partial charge is 0.464 e. The van der Waals surface area contributed by atoms with Gasteiger partial charge in [0.1, 0.15) is 6.61 Å². The second-order valence-corrected chi connectivity index (χ2v) is 4.21. The molecule has 0 saturated heterocycles. The number of carbonyl (C=O) groups excluding carboxylic acids is 2. The molecule has 1 atom stereocenters. The van der Waals surface area contributed by atoms with Crippen LogP contribution in [-0.4, -0.2) is 34.8 Å². The molecule has 6 nitrogen and oxygen atoms in total. The molecule has 0 spiro atoms. The molecule has 0 aliphatic carbocycles. The number of aliphatic hydroxyl groups excluding tert-OH is 1. The van der Waals surface area contributed by atoms with Crippen molar-refractivity contribution in [1.82, 2.24) is 4.57 Å². The molecule has 1 rings (SSSR count). The molecule has 1 N–H and O–H groups in total. The molecular formula is C12H16ClNO5. The Labute approximate surface area is 115 Å². The van der Waals surface area contributed by atoms with Crippen LogP contribution in [0.3, 0.4) is 0 Å². The topological polar surface area (TPSA) is 77.8 Å². The number of rotatable bonds is 6. The van der Waals surface area contributed by atoms with Crippen molar-refractivity contribution in [2.24, 2.45) is 0 Å². The molecule has 1 unspecified atom stereocenters. The minimum atomic E-state index is -1.41. The summed E-state index contributed by atoms with van der Waals surface area (Å²) >= 11 is 5.84. The van der Waals surface area contributed by atoms with Crippen LogP contribution >= 0.6 is 11.6 Å². The summed E-state index contributed by atoms with van der Waals surface area (Å²) in [6.45, 7) is 3.55. The molecule has 0 aromatic carbocycles. The van der Waals surface area contributed by atoms with Crippen molar-refractivity contribution in [3.8, 4) is 0 Å². The van der Waals surface area contributed by atoms with Gasteiger partial charge >= 0.3 is 11.9 Å². The lowest BCUT2D eigenvalue weighted by atomic mass is 10.2. The van der Waals surface area contributed by atoms with Gasteiger partial charge in [-0.15, -0.1) is 0 Å². The Morgan fingerprint density at radius 2 is 2.16 bits per heavy atom. The second kappa shape index (κ2) is 7.16. The van der Waals surface area contributed by atoms with Gasteiger partial charge in [-0.3, -0.25) is 4.79 Å². The second-order valence-electron chi connectivity index (χ2n) is 3.77. The van der Waals surface area contributed by atoms with Crippen LogP contribution in [0, 0.1) is 0 Å². The summed E-state index contributed by atoms with van der Waals surface area (Å²) in [4.78, 5) is 22.1. The molecule has 0 bridgehead atoms. The van der Waals surface area contributed by atoms with Gasteiger partial charge in [-0.1, -0.05) is 11.6 Å². The Morgan fingerprint density at radius 1 is 1.47 bits per heavy atom. The van der Waals surface area contributed by atoms with Crippen molar-refractivity contribution in [2.75, 3.05) is 13.2 Å². The fourth-order valence-corrected chi connectivity index (χ4v) is 1.77. The smallest absolute Gasteiger partial charge is 0.341 e. The summed E-state index contributed by atoms with van der Waals surface area (Å²) in [6, 6.07) is 1.47. The Morgan fingerprint density at radius 3 is 2.74 bits per heavy atom. The van der Waals surface area contributed by atoms with Gasteiger partial charge in [-0.25, -0.2) is 4.79 Å². The average molecular weight is 290 g/mol. The van der Waals surface area contributed by atoms with Crippen LogP contribution in [0.1, 0.15) is 25.6 Å². The first-order valence-corrected chi connectivity index (χ1v) is 6.17. The summed E-state index contributed by atoms with van der Waals surface area (Å²) in [5.41, 5.74) is 0.301. The van der Waals surface area contributed by atoms with Gasteiger partial charge in [0.05, 0.1) is 23.9 Å². The lowest BCUT2D eigenvalue weighted by Gasteiger charge is -2.13. The van der Waals surface area contributed by atoms with Crippen molar-refractivity contribution >= 4 is 23.5 Å². The zero-order valence-corrected chi connectivity index (χ0v) is 11.5. The van der Waals surface area contributed by atoms with Gasteiger partial charge in [-0.2, -0.15) is 0 Å². The van der Waals surface area contributed by atoms with E-state index in [1.165, 1.54) is 13.0 Å². The normalized spacial score (nSPS) is 12.0. The summed E-state index contributed by atoms with van der Waals surface area (Å²) in [6.07, 6.45) is 0.132. The predicted octanol–water partition coefficient (Wildman–Crippen LogP) is 1.30. The predicted molar refractivity (Wildman–Crippen MR) is 67.7 cm³/mol. The Bertz CT molecular complexity index is 457. The first-order valence-electron chi connectivity index (χ1n) is 5.79. The zero-order valence-electron chi connectivity index (χ0n) is 10.8. The van der Waals surface area contributed by atoms with Gasteiger partial charge in [0.2, 0.25) is 0 Å². The molecule has 1 aromatic heterocycles. The summed E-state index contributed by atoms with van der Waals surface area (Å²) < 4.78 is 11.1. The first-order chi connectivity index (χ1) is 8.95. The molecular weight excluding hydrogens is 274 g/mol. The van der Waals surface area contributed by atoms with Crippen LogP contribution in [-0.2, 0) is 25.6 Å². The van der Waals surface area contributed by atoms with E-state index in [0.717, 1.165) is 0 Å². The molecule has 0 radical (unpaired) electrons. The van der Waals surface area contributed by atoms with E-state index in [2.05, 4.69) is 0 Å². The fraction of sp³-hybridized carbons (Fsp3) is 0.500. The van der Waals surface area contributed by atoms with E-state index in [0.29, 0.717) is 10.7 Å². The summed E-state index contributed by atoms with van der Waals surface area (Å²) in [5.74, 6) is -1.14. The number of aliphatic hydroxyl groups is 1. The number of halogens is 1. The molecule has 1 aromatic rings. The zero-order chi connectivity index (χ0) is 14.4. The number of carbonyl (C=O) groups is 2. The molecule has 0 amide bonds. The summed E-state index contributed by atoms with van der Waals surface area (Å²) in [5, 5.41) is 10.2. The molecule has 0 aliphatic rings. The molecule has 0 aliphatic heterocycles. The third-order valence-electron chi connectivity index (χ3n) is 2.32. The van der Waals surface area contributed by atoms with Crippen LogP contribution in [0.5, 0.6) is 0 Å². The fourth-order valence-electron chi connectivity index (χ4n) is 1.54. The van der Waals surface area contributed by atoms with Crippen LogP contribution in [0.25, 0.3) is 0 Å². The quantitative estimate of drug-likeness (QED) is 0.799. The van der Waals surface area contributed by atoms with Crippen molar-refractivity contribution in [2.45, 2.75) is 26.5 Å². The standard InChI is InChI=1S/C12H16ClNO5/c1-3-18-12(17)11(16)10-6-9(13)7-14(10)4-5-19-8(2)15/h6-7,11,16H,3-5H2,1-2H3. The SMILES string of the molecule is CCOC(=O)C(O)c1cc(Cl)cn1CCOC(C)=O. The highest BCUT2D eigenvalue weighted by Crippen LogP contribution is 2.21. The minimum absolute atomic E-state index is 0.128. The highest BCUT2D eigenvalue weighted by Gasteiger charge is 2.22. The third-order valence-corrected chi connectivity index (χ3v) is 2.53. The van der Waals surface area contributed by atoms with E-state index < -0.39 is 18.0 Å². The van der Waals surface area contributed by atoms with Crippen LogP contribution in [0.4, 0.5) is 0 Å². The Hall–Kier alpha value is -1.53. The van der Waals surface area contributed by atoms with Gasteiger partial charge in [0, 0.05) is 13.1 Å². The van der Waals surface area contributed by atoms with Crippen LogP contribution < -0.4 is 0 Å². The maximum atomic E-state index is 11.5. The van der Waals surface area contributed by atoms with E-state index in [1.807, 2.05) is 0 Å². The third kappa shape index (κ3) is 4.57. The van der Waals surface area contributed by atoms with Crippen molar-refractivity contribution < 1.29 is 24.2 Å².